The van der Waals surface area contributed by atoms with Crippen molar-refractivity contribution in [3.63, 3.8) is 0 Å². The normalized spacial score (nSPS) is 21.1. The highest BCUT2D eigenvalue weighted by Crippen LogP contribution is 2.36. The lowest BCUT2D eigenvalue weighted by molar-refractivity contribution is 0.00578. The number of hydrogen-bond donors (Lipinski definition) is 1. The van der Waals surface area contributed by atoms with E-state index in [0.29, 0.717) is 4.90 Å². The van der Waals surface area contributed by atoms with Crippen LogP contribution in [0.4, 0.5) is 0 Å². The fraction of sp³-hybridized carbons (Fsp3) is 0.389. The van der Waals surface area contributed by atoms with E-state index in [-0.39, 0.29) is 0 Å². The van der Waals surface area contributed by atoms with Crippen LogP contribution in [0.2, 0.25) is 0 Å². The van der Waals surface area contributed by atoms with Gasteiger partial charge in [-0.3, -0.25) is 4.98 Å². The third-order valence-electron chi connectivity index (χ3n) is 4.90. The zero-order chi connectivity index (χ0) is 18.5. The molecule has 0 bridgehead atoms. The minimum Gasteiger partial charge on any atom is -0.399 e. The van der Waals surface area contributed by atoms with E-state index in [0.717, 1.165) is 16.7 Å². The lowest BCUT2D eigenvalue weighted by atomic mass is 9.79. The highest BCUT2D eigenvalue weighted by molar-refractivity contribution is 7.97. The van der Waals surface area contributed by atoms with E-state index < -0.39 is 28.5 Å². The van der Waals surface area contributed by atoms with Crippen molar-refractivity contribution < 1.29 is 18.1 Å². The second kappa shape index (κ2) is 6.02. The van der Waals surface area contributed by atoms with E-state index in [9.17, 15) is 8.76 Å². The van der Waals surface area contributed by atoms with E-state index >= 15 is 0 Å². The first-order valence-electron chi connectivity index (χ1n) is 8.13. The molecule has 0 amide bonds. The van der Waals surface area contributed by atoms with Gasteiger partial charge in [-0.2, -0.15) is 4.55 Å². The maximum atomic E-state index is 11.7. The summed E-state index contributed by atoms with van der Waals surface area (Å²) in [6, 6.07) is 10.7. The third-order valence-corrected chi connectivity index (χ3v) is 6.04. The van der Waals surface area contributed by atoms with Crippen LogP contribution >= 0.6 is 0 Å². The molecule has 2 heterocycles. The molecule has 0 aliphatic carbocycles. The van der Waals surface area contributed by atoms with Gasteiger partial charge in [0.15, 0.2) is 4.90 Å². The van der Waals surface area contributed by atoms with Crippen LogP contribution in [-0.4, -0.2) is 34.1 Å². The Hall–Kier alpha value is -1.54. The summed E-state index contributed by atoms with van der Waals surface area (Å²) in [6.07, 6.45) is 3.03. The summed E-state index contributed by atoms with van der Waals surface area (Å²) in [4.78, 5) is 4.80. The predicted octanol–water partition coefficient (Wildman–Crippen LogP) is 3.01. The molecule has 1 saturated heterocycles. The van der Waals surface area contributed by atoms with Gasteiger partial charge in [-0.05, 0) is 69.6 Å². The molecular weight excluding hydrogens is 337 g/mol. The second-order valence-corrected chi connectivity index (χ2v) is 9.47. The standard InChI is InChI=1S/C18H22BNO4S/c1-17(2)18(3,4)24-19(23-17)14-10-11-20-16(12-14)13-6-8-15(9-7-13)25(5,21)22/h6-12H,1-5H3/p+1. The van der Waals surface area contributed by atoms with Crippen LogP contribution in [0.1, 0.15) is 27.7 Å². The molecular formula is C18H23BNO4S+. The van der Waals surface area contributed by atoms with Gasteiger partial charge in [0.1, 0.15) is 6.26 Å². The minimum absolute atomic E-state index is 0.398. The van der Waals surface area contributed by atoms with E-state index in [1.807, 2.05) is 39.8 Å². The molecule has 1 atom stereocenters. The maximum absolute atomic E-state index is 11.7. The van der Waals surface area contributed by atoms with Gasteiger partial charge in [0, 0.05) is 11.8 Å². The molecule has 0 spiro atoms. The average Bonchev–Trinajstić information content (AvgIpc) is 2.75. The summed E-state index contributed by atoms with van der Waals surface area (Å²) in [5, 5.41) is 0. The van der Waals surface area contributed by atoms with Crippen LogP contribution in [0, 0.1) is 0 Å². The van der Waals surface area contributed by atoms with Crippen molar-refractivity contribution in [1.29, 1.82) is 0 Å². The summed E-state index contributed by atoms with van der Waals surface area (Å²) in [7, 11) is -3.41. The fourth-order valence-electron chi connectivity index (χ4n) is 2.61. The van der Waals surface area contributed by atoms with E-state index in [1.54, 1.807) is 30.5 Å². The zero-order valence-corrected chi connectivity index (χ0v) is 16.0. The second-order valence-electron chi connectivity index (χ2n) is 7.39. The molecule has 25 heavy (non-hydrogen) atoms. The van der Waals surface area contributed by atoms with Crippen molar-refractivity contribution in [3.8, 4) is 11.3 Å². The lowest BCUT2D eigenvalue weighted by Crippen LogP contribution is -2.41. The van der Waals surface area contributed by atoms with Crippen LogP contribution in [0.15, 0.2) is 47.5 Å². The Labute approximate surface area is 150 Å². The molecule has 2 aromatic rings. The number of rotatable bonds is 3. The van der Waals surface area contributed by atoms with Gasteiger partial charge in [0.05, 0.1) is 16.9 Å². The van der Waals surface area contributed by atoms with Gasteiger partial charge in [0.25, 0.3) is 0 Å². The molecule has 1 aliphatic heterocycles. The van der Waals surface area contributed by atoms with E-state index in [2.05, 4.69) is 4.98 Å². The predicted molar refractivity (Wildman–Crippen MR) is 100 cm³/mol. The summed E-state index contributed by atoms with van der Waals surface area (Å²) >= 11 is 0. The SMILES string of the molecule is CC1(C)OB(c2ccnc(-c3ccc([S+](C)(=O)O)cc3)c2)OC1(C)C. The highest BCUT2D eigenvalue weighted by atomic mass is 32.3. The van der Waals surface area contributed by atoms with Gasteiger partial charge in [-0.1, -0.05) is 4.21 Å². The van der Waals surface area contributed by atoms with Gasteiger partial charge in [-0.25, -0.2) is 0 Å². The first-order valence-corrected chi connectivity index (χ1v) is 10.1. The summed E-state index contributed by atoms with van der Waals surface area (Å²) in [5.41, 5.74) is 1.73. The molecule has 1 fully saturated rings. The smallest absolute Gasteiger partial charge is 0.399 e. The number of pyridine rings is 1. The van der Waals surface area contributed by atoms with Crippen LogP contribution in [0.5, 0.6) is 0 Å². The molecule has 132 valence electrons. The number of nitrogens with zero attached hydrogens (tertiary/aromatic N) is 1. The van der Waals surface area contributed by atoms with Crippen molar-refractivity contribution in [2.24, 2.45) is 0 Å². The van der Waals surface area contributed by atoms with Crippen LogP contribution in [0.25, 0.3) is 11.3 Å². The highest BCUT2D eigenvalue weighted by Gasteiger charge is 2.51. The summed E-state index contributed by atoms with van der Waals surface area (Å²) in [6.45, 7) is 8.08. The average molecular weight is 360 g/mol. The number of hydrogen-bond acceptors (Lipinski definition) is 4. The van der Waals surface area contributed by atoms with E-state index in [1.165, 1.54) is 6.26 Å². The Balaban J connectivity index is 1.89. The van der Waals surface area contributed by atoms with Crippen molar-refractivity contribution >= 4 is 22.8 Å². The molecule has 0 saturated carbocycles. The molecule has 1 unspecified atom stereocenters. The Morgan fingerprint density at radius 3 is 2.12 bits per heavy atom. The topological polar surface area (TPSA) is 68.7 Å². The molecule has 1 aromatic carbocycles. The first kappa shape index (κ1) is 18.3. The largest absolute Gasteiger partial charge is 0.494 e. The first-order chi connectivity index (χ1) is 11.5. The Bertz CT molecular complexity index is 813. The fourth-order valence-corrected chi connectivity index (χ4v) is 3.25. The quantitative estimate of drug-likeness (QED) is 0.673. The Morgan fingerprint density at radius 1 is 1.04 bits per heavy atom. The van der Waals surface area contributed by atoms with Crippen molar-refractivity contribution in [1.82, 2.24) is 4.98 Å². The summed E-state index contributed by atoms with van der Waals surface area (Å²) in [5.74, 6) is 0. The van der Waals surface area contributed by atoms with Crippen molar-refractivity contribution in [3.05, 3.63) is 42.6 Å². The van der Waals surface area contributed by atoms with Crippen molar-refractivity contribution in [2.75, 3.05) is 6.26 Å². The molecule has 1 aliphatic rings. The molecule has 7 heteroatoms. The van der Waals surface area contributed by atoms with E-state index in [4.69, 9.17) is 9.31 Å². The number of aromatic nitrogens is 1. The Morgan fingerprint density at radius 2 is 1.60 bits per heavy atom. The molecule has 1 aromatic heterocycles. The van der Waals surface area contributed by atoms with Gasteiger partial charge >= 0.3 is 7.12 Å². The van der Waals surface area contributed by atoms with Gasteiger partial charge < -0.3 is 9.31 Å². The minimum atomic E-state index is -2.96. The van der Waals surface area contributed by atoms with Crippen molar-refractivity contribution in [2.45, 2.75) is 43.8 Å². The molecule has 3 rings (SSSR count). The molecule has 0 radical (unpaired) electrons. The molecule has 1 N–H and O–H groups in total. The third kappa shape index (κ3) is 3.55. The lowest BCUT2D eigenvalue weighted by Gasteiger charge is -2.32. The maximum Gasteiger partial charge on any atom is 0.494 e. The van der Waals surface area contributed by atoms with Gasteiger partial charge in [-0.15, -0.1) is 0 Å². The number of benzene rings is 1. The monoisotopic (exact) mass is 360 g/mol. The Kier molecular flexibility index (Phi) is 4.40. The molecule has 5 nitrogen and oxygen atoms in total. The van der Waals surface area contributed by atoms with Crippen LogP contribution in [-0.2, 0) is 23.7 Å². The zero-order valence-electron chi connectivity index (χ0n) is 15.1. The van der Waals surface area contributed by atoms with Crippen LogP contribution in [0.3, 0.4) is 0 Å². The van der Waals surface area contributed by atoms with Crippen LogP contribution < -0.4 is 5.46 Å². The summed E-state index contributed by atoms with van der Waals surface area (Å²) < 4.78 is 33.5. The van der Waals surface area contributed by atoms with Gasteiger partial charge in [0.2, 0.25) is 10.2 Å².